The Morgan fingerprint density at radius 2 is 1.93 bits per heavy atom. The molecule has 2 aliphatic rings. The van der Waals surface area contributed by atoms with Gasteiger partial charge in [-0.3, -0.25) is 4.79 Å². The number of carbonyl (C=O) groups excluding carboxylic acids is 1. The average molecular weight is 596 g/mol. The summed E-state index contributed by atoms with van der Waals surface area (Å²) in [5.41, 5.74) is 0.946. The Morgan fingerprint density at radius 1 is 1.17 bits per heavy atom. The number of pyridine rings is 1. The SMILES string of the molecule is Cc1c(F)c(N)cc(-c2nc3c4c(nc(OCC5CC(=O)N(C)C5)nc4c2F)NCCNCC[C@H](C)O3)c1C(F)(F)F. The van der Waals surface area contributed by atoms with Gasteiger partial charge in [-0.1, -0.05) is 0 Å². The molecule has 1 fully saturated rings. The maximum atomic E-state index is 16.4. The van der Waals surface area contributed by atoms with Crippen LogP contribution in [0.1, 0.15) is 30.9 Å². The predicted molar refractivity (Wildman–Crippen MR) is 144 cm³/mol. The maximum Gasteiger partial charge on any atom is 0.417 e. The molecule has 2 atom stereocenters. The highest BCUT2D eigenvalue weighted by Gasteiger charge is 2.39. The first-order chi connectivity index (χ1) is 19.8. The Hall–Kier alpha value is -4.01. The third kappa shape index (κ3) is 5.69. The smallest absolute Gasteiger partial charge is 0.417 e. The van der Waals surface area contributed by atoms with Gasteiger partial charge in [0.25, 0.3) is 0 Å². The summed E-state index contributed by atoms with van der Waals surface area (Å²) in [6.45, 7) is 4.61. The summed E-state index contributed by atoms with van der Waals surface area (Å²) in [4.78, 5) is 26.3. The predicted octanol–water partition coefficient (Wildman–Crippen LogP) is 3.91. The van der Waals surface area contributed by atoms with Crippen molar-refractivity contribution in [3.8, 4) is 23.1 Å². The van der Waals surface area contributed by atoms with Gasteiger partial charge in [0.15, 0.2) is 5.82 Å². The Labute approximate surface area is 237 Å². The van der Waals surface area contributed by atoms with Gasteiger partial charge in [-0.05, 0) is 38.4 Å². The van der Waals surface area contributed by atoms with Crippen LogP contribution in [0.2, 0.25) is 0 Å². The number of hydrogen-bond acceptors (Lipinski definition) is 9. The molecule has 0 bridgehead atoms. The van der Waals surface area contributed by atoms with E-state index in [1.165, 1.54) is 0 Å². The Bertz CT molecular complexity index is 1530. The number of alkyl halides is 3. The molecule has 0 radical (unpaired) electrons. The van der Waals surface area contributed by atoms with Crippen LogP contribution in [0.4, 0.5) is 33.5 Å². The number of ether oxygens (including phenoxy) is 2. The van der Waals surface area contributed by atoms with E-state index in [1.54, 1.807) is 18.9 Å². The second-order valence-electron chi connectivity index (χ2n) is 10.5. The summed E-state index contributed by atoms with van der Waals surface area (Å²) in [6.07, 6.45) is -4.77. The molecule has 1 amide bonds. The molecule has 0 spiro atoms. The van der Waals surface area contributed by atoms with Gasteiger partial charge >= 0.3 is 12.2 Å². The number of rotatable bonds is 4. The first kappa shape index (κ1) is 29.5. The monoisotopic (exact) mass is 595 g/mol. The third-order valence-electron chi connectivity index (χ3n) is 7.30. The molecule has 4 heterocycles. The fraction of sp³-hybridized carbons (Fsp3) is 0.481. The molecular weight excluding hydrogens is 565 g/mol. The molecule has 1 saturated heterocycles. The number of hydrogen-bond donors (Lipinski definition) is 3. The van der Waals surface area contributed by atoms with E-state index in [0.717, 1.165) is 6.92 Å². The lowest BCUT2D eigenvalue weighted by molar-refractivity contribution is -0.137. The van der Waals surface area contributed by atoms with Gasteiger partial charge in [-0.2, -0.15) is 23.1 Å². The zero-order valence-electron chi connectivity index (χ0n) is 23.2. The Morgan fingerprint density at radius 3 is 2.62 bits per heavy atom. The van der Waals surface area contributed by atoms with E-state index in [1.807, 2.05) is 0 Å². The van der Waals surface area contributed by atoms with Gasteiger partial charge in [0, 0.05) is 44.6 Å². The van der Waals surface area contributed by atoms with E-state index >= 15 is 4.39 Å². The van der Waals surface area contributed by atoms with Crippen molar-refractivity contribution in [1.29, 1.82) is 0 Å². The summed E-state index contributed by atoms with van der Waals surface area (Å²) in [5, 5.41) is 6.31. The van der Waals surface area contributed by atoms with Crippen molar-refractivity contribution in [2.45, 2.75) is 39.0 Å². The average Bonchev–Trinajstić information content (AvgIpc) is 3.23. The number of carbonyl (C=O) groups is 1. The zero-order valence-corrected chi connectivity index (χ0v) is 23.2. The first-order valence-corrected chi connectivity index (χ1v) is 13.4. The molecule has 15 heteroatoms. The fourth-order valence-electron chi connectivity index (χ4n) is 5.16. The van der Waals surface area contributed by atoms with Crippen molar-refractivity contribution in [2.24, 2.45) is 5.92 Å². The van der Waals surface area contributed by atoms with Crippen molar-refractivity contribution < 1.29 is 36.2 Å². The van der Waals surface area contributed by atoms with Gasteiger partial charge < -0.3 is 30.7 Å². The molecule has 1 aromatic carbocycles. The summed E-state index contributed by atoms with van der Waals surface area (Å²) in [5.74, 6) is -2.79. The lowest BCUT2D eigenvalue weighted by Crippen LogP contribution is -2.26. The van der Waals surface area contributed by atoms with Crippen molar-refractivity contribution >= 4 is 28.3 Å². The second-order valence-corrected chi connectivity index (χ2v) is 10.5. The van der Waals surface area contributed by atoms with E-state index in [-0.39, 0.29) is 47.9 Å². The number of anilines is 2. The quantitative estimate of drug-likeness (QED) is 0.304. The summed E-state index contributed by atoms with van der Waals surface area (Å²) >= 11 is 0. The minimum absolute atomic E-state index is 0.00786. The third-order valence-corrected chi connectivity index (χ3v) is 7.30. The van der Waals surface area contributed by atoms with Gasteiger partial charge in [-0.15, -0.1) is 0 Å². The number of benzene rings is 1. The van der Waals surface area contributed by atoms with E-state index in [2.05, 4.69) is 25.6 Å². The lowest BCUT2D eigenvalue weighted by atomic mass is 9.96. The van der Waals surface area contributed by atoms with Crippen LogP contribution in [-0.4, -0.2) is 71.7 Å². The highest BCUT2D eigenvalue weighted by Crippen LogP contribution is 2.44. The van der Waals surface area contributed by atoms with Crippen molar-refractivity contribution in [3.63, 3.8) is 0 Å². The molecule has 0 saturated carbocycles. The van der Waals surface area contributed by atoms with E-state index in [0.29, 0.717) is 38.7 Å². The van der Waals surface area contributed by atoms with Crippen LogP contribution < -0.4 is 25.8 Å². The number of likely N-dealkylation sites (tertiary alicyclic amines) is 1. The minimum atomic E-state index is -5.06. The van der Waals surface area contributed by atoms with E-state index in [9.17, 15) is 22.4 Å². The van der Waals surface area contributed by atoms with Crippen LogP contribution in [0.25, 0.3) is 22.2 Å². The minimum Gasteiger partial charge on any atom is -0.474 e. The molecule has 226 valence electrons. The van der Waals surface area contributed by atoms with Crippen LogP contribution in [0.3, 0.4) is 0 Å². The van der Waals surface area contributed by atoms with E-state index < -0.39 is 57.5 Å². The number of aromatic nitrogens is 3. The maximum absolute atomic E-state index is 16.4. The zero-order chi connectivity index (χ0) is 30.3. The highest BCUT2D eigenvalue weighted by atomic mass is 19.4. The number of nitrogens with zero attached hydrogens (tertiary/aromatic N) is 4. The van der Waals surface area contributed by atoms with Crippen LogP contribution in [0.15, 0.2) is 6.07 Å². The molecule has 4 N–H and O–H groups in total. The van der Waals surface area contributed by atoms with Gasteiger partial charge in [0.05, 0.1) is 24.0 Å². The number of nitrogen functional groups attached to an aromatic ring is 1. The highest BCUT2D eigenvalue weighted by molar-refractivity contribution is 5.96. The second kappa shape index (κ2) is 11.3. The van der Waals surface area contributed by atoms with Gasteiger partial charge in [0.2, 0.25) is 11.8 Å². The topological polar surface area (TPSA) is 128 Å². The Balaban J connectivity index is 1.72. The van der Waals surface area contributed by atoms with Gasteiger partial charge in [0.1, 0.15) is 28.2 Å². The number of halogens is 5. The van der Waals surface area contributed by atoms with Crippen LogP contribution in [0.5, 0.6) is 11.9 Å². The molecule has 2 aromatic heterocycles. The molecule has 42 heavy (non-hydrogen) atoms. The summed E-state index contributed by atoms with van der Waals surface area (Å²) in [6, 6.07) is 0.453. The fourth-order valence-corrected chi connectivity index (χ4v) is 5.16. The molecular formula is C27H30F5N7O3. The van der Waals surface area contributed by atoms with Crippen molar-refractivity contribution in [2.75, 3.05) is 50.9 Å². The lowest BCUT2D eigenvalue weighted by Gasteiger charge is -2.21. The van der Waals surface area contributed by atoms with Crippen LogP contribution in [0, 0.1) is 24.5 Å². The number of amides is 1. The molecule has 1 unspecified atom stereocenters. The number of nitrogens with two attached hydrogens (primary N) is 1. The molecule has 3 aromatic rings. The standard InChI is InChI=1S/C27H30F5N7O3/c1-12-4-5-34-6-7-35-24-18-23(37-26(38-24)41-11-14-8-17(40)39(3)10-14)21(29)22(36-25(18)42-12)15-9-16(33)20(28)13(2)19(15)27(30,31)32/h9,12,14,34H,4-8,10-11,33H2,1-3H3,(H,35,37,38)/t12-,14?/m0/s1. The summed E-state index contributed by atoms with van der Waals surface area (Å²) < 4.78 is 85.4. The molecule has 0 aliphatic carbocycles. The molecule has 10 nitrogen and oxygen atoms in total. The van der Waals surface area contributed by atoms with Gasteiger partial charge in [-0.25, -0.2) is 13.8 Å². The van der Waals surface area contributed by atoms with Crippen molar-refractivity contribution in [1.82, 2.24) is 25.2 Å². The molecule has 5 rings (SSSR count). The van der Waals surface area contributed by atoms with E-state index in [4.69, 9.17) is 15.2 Å². The normalized spacial score (nSPS) is 19.8. The van der Waals surface area contributed by atoms with Crippen LogP contribution >= 0.6 is 0 Å². The molecule has 2 aliphatic heterocycles. The summed E-state index contributed by atoms with van der Waals surface area (Å²) in [7, 11) is 1.67. The van der Waals surface area contributed by atoms with Crippen molar-refractivity contribution in [3.05, 3.63) is 28.8 Å². The largest absolute Gasteiger partial charge is 0.474 e. The first-order valence-electron chi connectivity index (χ1n) is 13.4. The Kier molecular flexibility index (Phi) is 7.96. The van der Waals surface area contributed by atoms with Crippen LogP contribution in [-0.2, 0) is 11.0 Å². The number of nitrogens with one attached hydrogen (secondary N) is 2.